The molecule has 80 valence electrons. The third-order valence-corrected chi connectivity index (χ3v) is 2.90. The number of hydrogen-bond acceptors (Lipinski definition) is 1. The standard InChI is InChI=1S/C11H11Cl2NO/c1-6(12)2-7-3-8-4-11(15)14-10(8)5-9(7)13/h3,5-6H,2,4H2,1H3,(H,14,15). The Bertz CT molecular complexity index is 415. The van der Waals surface area contributed by atoms with Gasteiger partial charge in [-0.15, -0.1) is 11.6 Å². The molecule has 1 aromatic rings. The monoisotopic (exact) mass is 243 g/mol. The minimum Gasteiger partial charge on any atom is -0.325 e. The minimum atomic E-state index is 0.0251. The first-order chi connectivity index (χ1) is 7.06. The van der Waals surface area contributed by atoms with Gasteiger partial charge in [0.15, 0.2) is 0 Å². The van der Waals surface area contributed by atoms with Gasteiger partial charge in [-0.05, 0) is 30.5 Å². The Morgan fingerprint density at radius 1 is 1.53 bits per heavy atom. The van der Waals surface area contributed by atoms with E-state index in [2.05, 4.69) is 5.32 Å². The Kier molecular flexibility index (Phi) is 2.89. The fourth-order valence-corrected chi connectivity index (χ4v) is 2.17. The molecule has 1 amide bonds. The van der Waals surface area contributed by atoms with Crippen molar-refractivity contribution in [2.24, 2.45) is 0 Å². The van der Waals surface area contributed by atoms with Crippen LogP contribution in [0.3, 0.4) is 0 Å². The number of hydrogen-bond donors (Lipinski definition) is 1. The van der Waals surface area contributed by atoms with Crippen molar-refractivity contribution in [3.8, 4) is 0 Å². The molecule has 0 spiro atoms. The third kappa shape index (κ3) is 2.27. The van der Waals surface area contributed by atoms with E-state index in [1.807, 2.05) is 13.0 Å². The summed E-state index contributed by atoms with van der Waals surface area (Å²) in [7, 11) is 0. The molecule has 1 heterocycles. The van der Waals surface area contributed by atoms with Crippen LogP contribution in [0.15, 0.2) is 12.1 Å². The number of fused-ring (bicyclic) bond motifs is 1. The van der Waals surface area contributed by atoms with Crippen LogP contribution in [0.1, 0.15) is 18.1 Å². The van der Waals surface area contributed by atoms with E-state index in [4.69, 9.17) is 23.2 Å². The molecule has 15 heavy (non-hydrogen) atoms. The Morgan fingerprint density at radius 3 is 2.93 bits per heavy atom. The highest BCUT2D eigenvalue weighted by molar-refractivity contribution is 6.32. The molecule has 2 rings (SSSR count). The number of carbonyl (C=O) groups is 1. The molecule has 1 atom stereocenters. The maximum Gasteiger partial charge on any atom is 0.228 e. The highest BCUT2D eigenvalue weighted by Crippen LogP contribution is 2.30. The summed E-state index contributed by atoms with van der Waals surface area (Å²) in [6, 6.07) is 3.77. The van der Waals surface area contributed by atoms with E-state index in [0.717, 1.165) is 23.2 Å². The van der Waals surface area contributed by atoms with Crippen LogP contribution < -0.4 is 5.32 Å². The van der Waals surface area contributed by atoms with Gasteiger partial charge in [0, 0.05) is 16.1 Å². The van der Waals surface area contributed by atoms with Crippen molar-refractivity contribution in [2.75, 3.05) is 5.32 Å². The predicted octanol–water partition coefficient (Wildman–Crippen LogP) is 3.00. The van der Waals surface area contributed by atoms with E-state index in [1.54, 1.807) is 6.07 Å². The maximum absolute atomic E-state index is 11.2. The lowest BCUT2D eigenvalue weighted by atomic mass is 10.0. The van der Waals surface area contributed by atoms with Crippen LogP contribution in [-0.4, -0.2) is 11.3 Å². The van der Waals surface area contributed by atoms with Gasteiger partial charge in [0.2, 0.25) is 5.91 Å². The van der Waals surface area contributed by atoms with E-state index in [0.29, 0.717) is 11.4 Å². The van der Waals surface area contributed by atoms with Gasteiger partial charge in [0.05, 0.1) is 6.42 Å². The molecule has 0 saturated carbocycles. The summed E-state index contributed by atoms with van der Waals surface area (Å²) < 4.78 is 0. The van der Waals surface area contributed by atoms with Gasteiger partial charge in [0.1, 0.15) is 0 Å². The second-order valence-corrected chi connectivity index (χ2v) is 4.96. The molecule has 2 nitrogen and oxygen atoms in total. The number of benzene rings is 1. The summed E-state index contributed by atoms with van der Waals surface area (Å²) in [5, 5.41) is 3.48. The molecule has 1 N–H and O–H groups in total. The van der Waals surface area contributed by atoms with Crippen molar-refractivity contribution < 1.29 is 4.79 Å². The number of halogens is 2. The summed E-state index contributed by atoms with van der Waals surface area (Å²) in [4.78, 5) is 11.2. The van der Waals surface area contributed by atoms with E-state index < -0.39 is 0 Å². The van der Waals surface area contributed by atoms with Crippen LogP contribution in [0.25, 0.3) is 0 Å². The first-order valence-electron chi connectivity index (χ1n) is 4.81. The summed E-state index contributed by atoms with van der Waals surface area (Å²) in [6.45, 7) is 1.93. The van der Waals surface area contributed by atoms with Gasteiger partial charge in [-0.2, -0.15) is 0 Å². The van der Waals surface area contributed by atoms with E-state index in [9.17, 15) is 4.79 Å². The normalized spacial score (nSPS) is 16.1. The maximum atomic E-state index is 11.2. The zero-order valence-electron chi connectivity index (χ0n) is 8.31. The van der Waals surface area contributed by atoms with Gasteiger partial charge in [-0.25, -0.2) is 0 Å². The van der Waals surface area contributed by atoms with E-state index in [-0.39, 0.29) is 11.3 Å². The predicted molar refractivity (Wildman–Crippen MR) is 62.8 cm³/mol. The molecule has 1 unspecified atom stereocenters. The average Bonchev–Trinajstić information content (AvgIpc) is 2.44. The minimum absolute atomic E-state index is 0.0251. The average molecular weight is 244 g/mol. The molecule has 0 radical (unpaired) electrons. The van der Waals surface area contributed by atoms with Crippen molar-refractivity contribution in [1.29, 1.82) is 0 Å². The van der Waals surface area contributed by atoms with Crippen LogP contribution in [0.4, 0.5) is 5.69 Å². The lowest BCUT2D eigenvalue weighted by Gasteiger charge is -2.08. The van der Waals surface area contributed by atoms with E-state index >= 15 is 0 Å². The van der Waals surface area contributed by atoms with Gasteiger partial charge >= 0.3 is 0 Å². The van der Waals surface area contributed by atoms with Crippen molar-refractivity contribution in [3.05, 3.63) is 28.3 Å². The Hall–Kier alpha value is -0.730. The SMILES string of the molecule is CC(Cl)Cc1cc2c(cc1Cl)NC(=O)C2. The van der Waals surface area contributed by atoms with E-state index in [1.165, 1.54) is 0 Å². The zero-order valence-corrected chi connectivity index (χ0v) is 9.82. The second kappa shape index (κ2) is 4.03. The number of amides is 1. The fourth-order valence-electron chi connectivity index (χ4n) is 1.76. The van der Waals surface area contributed by atoms with Crippen LogP contribution in [0.5, 0.6) is 0 Å². The molecule has 4 heteroatoms. The van der Waals surface area contributed by atoms with Gasteiger partial charge in [0.25, 0.3) is 0 Å². The molecular formula is C11H11Cl2NO. The van der Waals surface area contributed by atoms with Gasteiger partial charge in [-0.1, -0.05) is 17.7 Å². The molecule has 0 aromatic heterocycles. The van der Waals surface area contributed by atoms with Crippen molar-refractivity contribution >= 4 is 34.8 Å². The van der Waals surface area contributed by atoms with Crippen molar-refractivity contribution in [3.63, 3.8) is 0 Å². The smallest absolute Gasteiger partial charge is 0.228 e. The van der Waals surface area contributed by atoms with Gasteiger partial charge in [-0.3, -0.25) is 4.79 Å². The van der Waals surface area contributed by atoms with Gasteiger partial charge < -0.3 is 5.32 Å². The Labute approximate surface area is 98.6 Å². The molecule has 1 aliphatic heterocycles. The van der Waals surface area contributed by atoms with Crippen LogP contribution >= 0.6 is 23.2 Å². The summed E-state index contributed by atoms with van der Waals surface area (Å²) >= 11 is 12.0. The molecular weight excluding hydrogens is 233 g/mol. The number of anilines is 1. The lowest BCUT2D eigenvalue weighted by Crippen LogP contribution is -2.03. The number of nitrogens with one attached hydrogen (secondary N) is 1. The molecule has 0 bridgehead atoms. The zero-order chi connectivity index (χ0) is 11.0. The Morgan fingerprint density at radius 2 is 2.27 bits per heavy atom. The highest BCUT2D eigenvalue weighted by atomic mass is 35.5. The summed E-state index contributed by atoms with van der Waals surface area (Å²) in [5.41, 5.74) is 2.85. The fraction of sp³-hybridized carbons (Fsp3) is 0.364. The van der Waals surface area contributed by atoms with Crippen LogP contribution in [0.2, 0.25) is 5.02 Å². The van der Waals surface area contributed by atoms with Crippen LogP contribution in [-0.2, 0) is 17.6 Å². The number of rotatable bonds is 2. The first-order valence-corrected chi connectivity index (χ1v) is 5.63. The van der Waals surface area contributed by atoms with Crippen molar-refractivity contribution in [2.45, 2.75) is 25.1 Å². The molecule has 0 aliphatic carbocycles. The number of alkyl halides is 1. The second-order valence-electron chi connectivity index (χ2n) is 3.81. The topological polar surface area (TPSA) is 29.1 Å². The number of carbonyl (C=O) groups excluding carboxylic acids is 1. The molecule has 0 saturated heterocycles. The summed E-state index contributed by atoms with van der Waals surface area (Å²) in [6.07, 6.45) is 1.16. The largest absolute Gasteiger partial charge is 0.325 e. The summed E-state index contributed by atoms with van der Waals surface area (Å²) in [5.74, 6) is 0.0251. The molecule has 1 aromatic carbocycles. The molecule has 1 aliphatic rings. The third-order valence-electron chi connectivity index (χ3n) is 2.40. The quantitative estimate of drug-likeness (QED) is 0.796. The lowest BCUT2D eigenvalue weighted by molar-refractivity contribution is -0.115. The highest BCUT2D eigenvalue weighted by Gasteiger charge is 2.19. The van der Waals surface area contributed by atoms with Crippen molar-refractivity contribution in [1.82, 2.24) is 0 Å². The van der Waals surface area contributed by atoms with Crippen LogP contribution in [0, 0.1) is 0 Å². The Balaban J connectivity index is 2.35. The molecule has 0 fully saturated rings. The first kappa shape index (κ1) is 10.8.